The summed E-state index contributed by atoms with van der Waals surface area (Å²) >= 11 is 6.42. The van der Waals surface area contributed by atoms with Gasteiger partial charge < -0.3 is 10.1 Å². The fourth-order valence-electron chi connectivity index (χ4n) is 2.49. The summed E-state index contributed by atoms with van der Waals surface area (Å²) in [7, 11) is 0. The Morgan fingerprint density at radius 2 is 2.09 bits per heavy atom. The van der Waals surface area contributed by atoms with E-state index in [1.165, 1.54) is 0 Å². The van der Waals surface area contributed by atoms with Gasteiger partial charge in [0.2, 0.25) is 0 Å². The standard InChI is InChI=1S/C17H20ClN3O/c18-17-10-16(20-12-14-2-1-5-19-11-14)4-3-15(17)13-21-6-8-22-9-7-21/h1-5,10-11,20H,6-9,12-13H2. The van der Waals surface area contributed by atoms with Crippen molar-refractivity contribution in [1.29, 1.82) is 0 Å². The van der Waals surface area contributed by atoms with Gasteiger partial charge in [0.05, 0.1) is 13.2 Å². The molecule has 4 nitrogen and oxygen atoms in total. The van der Waals surface area contributed by atoms with E-state index in [1.54, 1.807) is 6.20 Å². The second kappa shape index (κ2) is 7.58. The number of ether oxygens (including phenoxy) is 1. The fourth-order valence-corrected chi connectivity index (χ4v) is 2.73. The maximum atomic E-state index is 6.42. The highest BCUT2D eigenvalue weighted by atomic mass is 35.5. The van der Waals surface area contributed by atoms with Crippen LogP contribution in [0.2, 0.25) is 5.02 Å². The second-order valence-corrected chi connectivity index (χ2v) is 5.82. The summed E-state index contributed by atoms with van der Waals surface area (Å²) in [6, 6.07) is 10.2. The largest absolute Gasteiger partial charge is 0.381 e. The van der Waals surface area contributed by atoms with Crippen LogP contribution < -0.4 is 5.32 Å². The zero-order valence-electron chi connectivity index (χ0n) is 12.5. The average molecular weight is 318 g/mol. The molecule has 0 atom stereocenters. The minimum Gasteiger partial charge on any atom is -0.381 e. The van der Waals surface area contributed by atoms with E-state index in [0.29, 0.717) is 0 Å². The van der Waals surface area contributed by atoms with Crippen molar-refractivity contribution >= 4 is 17.3 Å². The summed E-state index contributed by atoms with van der Waals surface area (Å²) in [6.07, 6.45) is 3.64. The maximum absolute atomic E-state index is 6.42. The smallest absolute Gasteiger partial charge is 0.0594 e. The number of hydrogen-bond acceptors (Lipinski definition) is 4. The molecule has 1 N–H and O–H groups in total. The van der Waals surface area contributed by atoms with Crippen LogP contribution in [0.1, 0.15) is 11.1 Å². The van der Waals surface area contributed by atoms with Gasteiger partial charge in [-0.1, -0.05) is 23.7 Å². The zero-order valence-corrected chi connectivity index (χ0v) is 13.2. The van der Waals surface area contributed by atoms with Crippen molar-refractivity contribution in [1.82, 2.24) is 9.88 Å². The maximum Gasteiger partial charge on any atom is 0.0594 e. The van der Waals surface area contributed by atoms with Gasteiger partial charge in [-0.05, 0) is 29.3 Å². The van der Waals surface area contributed by atoms with Crippen LogP contribution in [0.3, 0.4) is 0 Å². The van der Waals surface area contributed by atoms with Crippen LogP contribution in [-0.4, -0.2) is 36.2 Å². The van der Waals surface area contributed by atoms with Crippen molar-refractivity contribution in [3.05, 3.63) is 58.9 Å². The molecule has 0 unspecified atom stereocenters. The van der Waals surface area contributed by atoms with Crippen molar-refractivity contribution < 1.29 is 4.74 Å². The number of nitrogens with zero attached hydrogens (tertiary/aromatic N) is 2. The normalized spacial score (nSPS) is 15.7. The SMILES string of the molecule is Clc1cc(NCc2cccnc2)ccc1CN1CCOCC1. The van der Waals surface area contributed by atoms with E-state index in [9.17, 15) is 0 Å². The summed E-state index contributed by atoms with van der Waals surface area (Å²) in [5, 5.41) is 4.18. The van der Waals surface area contributed by atoms with E-state index >= 15 is 0 Å². The van der Waals surface area contributed by atoms with Crippen LogP contribution in [0.15, 0.2) is 42.7 Å². The minimum atomic E-state index is 0.743. The molecule has 1 saturated heterocycles. The molecule has 0 bridgehead atoms. The van der Waals surface area contributed by atoms with Crippen molar-refractivity contribution in [2.45, 2.75) is 13.1 Å². The molecule has 2 heterocycles. The Hall–Kier alpha value is -1.62. The molecule has 0 radical (unpaired) electrons. The lowest BCUT2D eigenvalue weighted by atomic mass is 10.1. The first-order valence-electron chi connectivity index (χ1n) is 7.52. The van der Waals surface area contributed by atoms with Gasteiger partial charge >= 0.3 is 0 Å². The number of rotatable bonds is 5. The summed E-state index contributed by atoms with van der Waals surface area (Å²) < 4.78 is 5.37. The highest BCUT2D eigenvalue weighted by Gasteiger charge is 2.12. The number of anilines is 1. The molecule has 116 valence electrons. The summed E-state index contributed by atoms with van der Waals surface area (Å²) in [4.78, 5) is 6.48. The van der Waals surface area contributed by atoms with Crippen molar-refractivity contribution in [3.63, 3.8) is 0 Å². The van der Waals surface area contributed by atoms with Crippen LogP contribution in [0.25, 0.3) is 0 Å². The molecule has 1 aliphatic heterocycles. The number of aromatic nitrogens is 1. The topological polar surface area (TPSA) is 37.4 Å². The third kappa shape index (κ3) is 4.19. The molecule has 2 aromatic rings. The predicted octanol–water partition coefficient (Wildman–Crippen LogP) is 3.18. The van der Waals surface area contributed by atoms with Crippen LogP contribution >= 0.6 is 11.6 Å². The van der Waals surface area contributed by atoms with Crippen LogP contribution in [0.5, 0.6) is 0 Å². The molecule has 5 heteroatoms. The number of benzene rings is 1. The molecule has 1 aromatic heterocycles. The second-order valence-electron chi connectivity index (χ2n) is 5.41. The quantitative estimate of drug-likeness (QED) is 0.919. The van der Waals surface area contributed by atoms with Gasteiger partial charge in [-0.25, -0.2) is 0 Å². The van der Waals surface area contributed by atoms with Gasteiger partial charge in [0, 0.05) is 49.3 Å². The Kier molecular flexibility index (Phi) is 5.27. The van der Waals surface area contributed by atoms with Gasteiger partial charge in [0.25, 0.3) is 0 Å². The first-order valence-corrected chi connectivity index (χ1v) is 7.90. The molecule has 0 saturated carbocycles. The number of pyridine rings is 1. The molecular formula is C17H20ClN3O. The Morgan fingerprint density at radius 3 is 2.82 bits per heavy atom. The average Bonchev–Trinajstić information content (AvgIpc) is 2.57. The van der Waals surface area contributed by atoms with Gasteiger partial charge in [0.15, 0.2) is 0 Å². The molecule has 3 rings (SSSR count). The van der Waals surface area contributed by atoms with E-state index in [1.807, 2.05) is 18.3 Å². The molecule has 0 spiro atoms. The summed E-state index contributed by atoms with van der Waals surface area (Å²) in [5.41, 5.74) is 3.34. The van der Waals surface area contributed by atoms with Gasteiger partial charge in [0.1, 0.15) is 0 Å². The Bertz CT molecular complexity index is 600. The molecule has 0 amide bonds. The number of hydrogen-bond donors (Lipinski definition) is 1. The van der Waals surface area contributed by atoms with E-state index < -0.39 is 0 Å². The van der Waals surface area contributed by atoms with Crippen LogP contribution in [-0.2, 0) is 17.8 Å². The van der Waals surface area contributed by atoms with E-state index in [4.69, 9.17) is 16.3 Å². The highest BCUT2D eigenvalue weighted by Crippen LogP contribution is 2.23. The van der Waals surface area contributed by atoms with E-state index in [0.717, 1.165) is 61.2 Å². The number of nitrogens with one attached hydrogen (secondary N) is 1. The zero-order chi connectivity index (χ0) is 15.2. The third-order valence-corrected chi connectivity index (χ3v) is 4.12. The summed E-state index contributed by atoms with van der Waals surface area (Å²) in [6.45, 7) is 5.18. The lowest BCUT2D eigenvalue weighted by Crippen LogP contribution is -2.35. The third-order valence-electron chi connectivity index (χ3n) is 3.77. The highest BCUT2D eigenvalue weighted by molar-refractivity contribution is 6.31. The van der Waals surface area contributed by atoms with Gasteiger partial charge in [-0.3, -0.25) is 9.88 Å². The monoisotopic (exact) mass is 317 g/mol. The van der Waals surface area contributed by atoms with Crippen LogP contribution in [0, 0.1) is 0 Å². The van der Waals surface area contributed by atoms with Gasteiger partial charge in [-0.15, -0.1) is 0 Å². The first kappa shape index (κ1) is 15.3. The molecule has 22 heavy (non-hydrogen) atoms. The van der Waals surface area contributed by atoms with E-state index in [-0.39, 0.29) is 0 Å². The van der Waals surface area contributed by atoms with E-state index in [2.05, 4.69) is 33.4 Å². The number of morpholine rings is 1. The lowest BCUT2D eigenvalue weighted by molar-refractivity contribution is 0.0342. The minimum absolute atomic E-state index is 0.743. The van der Waals surface area contributed by atoms with Crippen LogP contribution in [0.4, 0.5) is 5.69 Å². The Labute approximate surface area is 136 Å². The predicted molar refractivity (Wildman–Crippen MR) is 89.1 cm³/mol. The summed E-state index contributed by atoms with van der Waals surface area (Å²) in [5.74, 6) is 0. The Balaban J connectivity index is 1.59. The van der Waals surface area contributed by atoms with Crippen molar-refractivity contribution in [2.75, 3.05) is 31.6 Å². The fraction of sp³-hybridized carbons (Fsp3) is 0.353. The molecule has 1 fully saturated rings. The Morgan fingerprint density at radius 1 is 1.23 bits per heavy atom. The molecule has 0 aliphatic carbocycles. The molecule has 1 aliphatic rings. The molecule has 1 aromatic carbocycles. The number of halogens is 1. The lowest BCUT2D eigenvalue weighted by Gasteiger charge is -2.27. The van der Waals surface area contributed by atoms with Crippen molar-refractivity contribution in [3.8, 4) is 0 Å². The van der Waals surface area contributed by atoms with Gasteiger partial charge in [-0.2, -0.15) is 0 Å². The molecular weight excluding hydrogens is 298 g/mol. The van der Waals surface area contributed by atoms with Crippen molar-refractivity contribution in [2.24, 2.45) is 0 Å². The first-order chi connectivity index (χ1) is 10.8.